The lowest BCUT2D eigenvalue weighted by molar-refractivity contribution is -0.124. The van der Waals surface area contributed by atoms with Gasteiger partial charge < -0.3 is 16.0 Å². The number of anilines is 1. The van der Waals surface area contributed by atoms with Crippen LogP contribution in [0.3, 0.4) is 0 Å². The summed E-state index contributed by atoms with van der Waals surface area (Å²) in [6, 6.07) is 0.162. The minimum Gasteiger partial charge on any atom is -0.375 e. The van der Waals surface area contributed by atoms with Gasteiger partial charge in [-0.25, -0.2) is 4.98 Å². The first kappa shape index (κ1) is 14.8. The second kappa shape index (κ2) is 6.21. The fourth-order valence-corrected chi connectivity index (χ4v) is 2.68. The van der Waals surface area contributed by atoms with Crippen molar-refractivity contribution in [2.45, 2.75) is 32.7 Å². The van der Waals surface area contributed by atoms with E-state index in [0.717, 1.165) is 12.8 Å². The van der Waals surface area contributed by atoms with Crippen LogP contribution in [0.1, 0.15) is 37.2 Å². The number of aromatic nitrogens is 1. The van der Waals surface area contributed by atoms with Gasteiger partial charge in [0.1, 0.15) is 5.69 Å². The highest BCUT2D eigenvalue weighted by Gasteiger charge is 2.26. The summed E-state index contributed by atoms with van der Waals surface area (Å²) in [5.41, 5.74) is 5.95. The molecule has 0 aliphatic carbocycles. The summed E-state index contributed by atoms with van der Waals surface area (Å²) in [6.07, 6.45) is 1.56. The summed E-state index contributed by atoms with van der Waals surface area (Å²) >= 11 is 1.27. The molecule has 1 aliphatic heterocycles. The van der Waals surface area contributed by atoms with Gasteiger partial charge in [-0.15, -0.1) is 11.3 Å². The number of nitrogen functional groups attached to an aromatic ring is 1. The molecule has 7 heteroatoms. The Labute approximate surface area is 122 Å². The third-order valence-corrected chi connectivity index (χ3v) is 4.07. The molecule has 0 atom stereocenters. The highest BCUT2D eigenvalue weighted by atomic mass is 32.1. The lowest BCUT2D eigenvalue weighted by Crippen LogP contribution is -2.47. The van der Waals surface area contributed by atoms with Crippen molar-refractivity contribution in [2.24, 2.45) is 5.92 Å². The van der Waals surface area contributed by atoms with E-state index < -0.39 is 0 Å². The van der Waals surface area contributed by atoms with Crippen molar-refractivity contribution in [3.05, 3.63) is 11.1 Å². The molecular formula is C13H20N4O2S. The van der Waals surface area contributed by atoms with Gasteiger partial charge in [0.15, 0.2) is 5.13 Å². The summed E-state index contributed by atoms with van der Waals surface area (Å²) in [4.78, 5) is 29.6. The molecular weight excluding hydrogens is 276 g/mol. The predicted molar refractivity (Wildman–Crippen MR) is 78.4 cm³/mol. The highest BCUT2D eigenvalue weighted by molar-refractivity contribution is 7.13. The first-order valence-corrected chi connectivity index (χ1v) is 7.66. The molecule has 110 valence electrons. The molecule has 1 aromatic rings. The second-order valence-electron chi connectivity index (χ2n) is 5.30. The SMILES string of the molecule is CC(C)C(=O)NC1CCN(C(=O)c2csc(N)n2)CC1. The molecule has 0 bridgehead atoms. The van der Waals surface area contributed by atoms with E-state index in [0.29, 0.717) is 23.9 Å². The Morgan fingerprint density at radius 3 is 2.60 bits per heavy atom. The number of hydrogen-bond acceptors (Lipinski definition) is 5. The van der Waals surface area contributed by atoms with Crippen molar-refractivity contribution in [2.75, 3.05) is 18.8 Å². The minimum absolute atomic E-state index is 0.00681. The molecule has 1 aliphatic rings. The summed E-state index contributed by atoms with van der Waals surface area (Å²) in [7, 11) is 0. The van der Waals surface area contributed by atoms with Crippen LogP contribution < -0.4 is 11.1 Å². The van der Waals surface area contributed by atoms with Gasteiger partial charge in [-0.3, -0.25) is 9.59 Å². The number of nitrogens with one attached hydrogen (secondary N) is 1. The van der Waals surface area contributed by atoms with E-state index in [1.807, 2.05) is 13.8 Å². The van der Waals surface area contributed by atoms with Crippen molar-refractivity contribution in [1.82, 2.24) is 15.2 Å². The van der Waals surface area contributed by atoms with E-state index in [1.54, 1.807) is 10.3 Å². The Morgan fingerprint density at radius 2 is 2.10 bits per heavy atom. The molecule has 2 amide bonds. The maximum Gasteiger partial charge on any atom is 0.273 e. The second-order valence-corrected chi connectivity index (χ2v) is 6.19. The molecule has 0 saturated carbocycles. The fraction of sp³-hybridized carbons (Fsp3) is 0.615. The van der Waals surface area contributed by atoms with Crippen molar-refractivity contribution in [3.63, 3.8) is 0 Å². The molecule has 0 radical (unpaired) electrons. The van der Waals surface area contributed by atoms with E-state index in [1.165, 1.54) is 11.3 Å². The van der Waals surface area contributed by atoms with Gasteiger partial charge in [-0.2, -0.15) is 0 Å². The van der Waals surface area contributed by atoms with Crippen LogP contribution in [-0.2, 0) is 4.79 Å². The number of thiazole rings is 1. The number of carbonyl (C=O) groups is 2. The molecule has 3 N–H and O–H groups in total. The molecule has 2 rings (SSSR count). The van der Waals surface area contributed by atoms with Crippen LogP contribution in [-0.4, -0.2) is 40.8 Å². The van der Waals surface area contributed by atoms with E-state index in [4.69, 9.17) is 5.73 Å². The number of carbonyl (C=O) groups excluding carboxylic acids is 2. The Balaban J connectivity index is 1.85. The van der Waals surface area contributed by atoms with Crippen LogP contribution in [0.5, 0.6) is 0 Å². The predicted octanol–water partition coefficient (Wildman–Crippen LogP) is 1.10. The number of nitrogens with two attached hydrogens (primary N) is 1. The molecule has 0 spiro atoms. The topological polar surface area (TPSA) is 88.3 Å². The zero-order valence-corrected chi connectivity index (χ0v) is 12.6. The quantitative estimate of drug-likeness (QED) is 0.874. The third kappa shape index (κ3) is 3.47. The molecule has 0 unspecified atom stereocenters. The van der Waals surface area contributed by atoms with Crippen LogP contribution in [0.4, 0.5) is 5.13 Å². The molecule has 1 saturated heterocycles. The lowest BCUT2D eigenvalue weighted by Gasteiger charge is -2.32. The maximum absolute atomic E-state index is 12.2. The van der Waals surface area contributed by atoms with E-state index >= 15 is 0 Å². The molecule has 1 fully saturated rings. The molecule has 0 aromatic carbocycles. The maximum atomic E-state index is 12.2. The third-order valence-electron chi connectivity index (χ3n) is 3.39. The largest absolute Gasteiger partial charge is 0.375 e. The Kier molecular flexibility index (Phi) is 4.59. The monoisotopic (exact) mass is 296 g/mol. The number of piperidine rings is 1. The van der Waals surface area contributed by atoms with E-state index in [9.17, 15) is 9.59 Å². The number of amides is 2. The fourth-order valence-electron chi connectivity index (χ4n) is 2.14. The van der Waals surface area contributed by atoms with Crippen LogP contribution in [0.15, 0.2) is 5.38 Å². The highest BCUT2D eigenvalue weighted by Crippen LogP contribution is 2.17. The van der Waals surface area contributed by atoms with Gasteiger partial charge in [0.25, 0.3) is 5.91 Å². The summed E-state index contributed by atoms with van der Waals surface area (Å²) in [5, 5.41) is 5.11. The zero-order chi connectivity index (χ0) is 14.7. The smallest absolute Gasteiger partial charge is 0.273 e. The molecule has 6 nitrogen and oxygen atoms in total. The van der Waals surface area contributed by atoms with Gasteiger partial charge in [0, 0.05) is 30.4 Å². The van der Waals surface area contributed by atoms with Crippen molar-refractivity contribution < 1.29 is 9.59 Å². The summed E-state index contributed by atoms with van der Waals surface area (Å²) in [6.45, 7) is 5.03. The average Bonchev–Trinajstić information content (AvgIpc) is 2.85. The summed E-state index contributed by atoms with van der Waals surface area (Å²) in [5.74, 6) is -0.0127. The van der Waals surface area contributed by atoms with Gasteiger partial charge in [-0.1, -0.05) is 13.8 Å². The Hall–Kier alpha value is -1.63. The molecule has 2 heterocycles. The summed E-state index contributed by atoms with van der Waals surface area (Å²) < 4.78 is 0. The van der Waals surface area contributed by atoms with Crippen molar-refractivity contribution >= 4 is 28.3 Å². The Bertz CT molecular complexity index is 492. The van der Waals surface area contributed by atoms with Crippen LogP contribution >= 0.6 is 11.3 Å². The number of rotatable bonds is 3. The van der Waals surface area contributed by atoms with Gasteiger partial charge in [0.05, 0.1) is 0 Å². The number of hydrogen-bond donors (Lipinski definition) is 2. The van der Waals surface area contributed by atoms with Gasteiger partial charge in [0.2, 0.25) is 5.91 Å². The minimum atomic E-state index is -0.0772. The van der Waals surface area contributed by atoms with Crippen LogP contribution in [0.25, 0.3) is 0 Å². The number of nitrogens with zero attached hydrogens (tertiary/aromatic N) is 2. The first-order chi connectivity index (χ1) is 9.47. The van der Waals surface area contributed by atoms with Gasteiger partial charge in [-0.05, 0) is 12.8 Å². The Morgan fingerprint density at radius 1 is 1.45 bits per heavy atom. The normalized spacial score (nSPS) is 16.4. The van der Waals surface area contributed by atoms with Crippen molar-refractivity contribution in [3.8, 4) is 0 Å². The van der Waals surface area contributed by atoms with Gasteiger partial charge >= 0.3 is 0 Å². The van der Waals surface area contributed by atoms with Crippen LogP contribution in [0, 0.1) is 5.92 Å². The van der Waals surface area contributed by atoms with E-state index in [2.05, 4.69) is 10.3 Å². The van der Waals surface area contributed by atoms with Crippen molar-refractivity contribution in [1.29, 1.82) is 0 Å². The number of likely N-dealkylation sites (tertiary alicyclic amines) is 1. The lowest BCUT2D eigenvalue weighted by atomic mass is 10.0. The van der Waals surface area contributed by atoms with Crippen LogP contribution in [0.2, 0.25) is 0 Å². The van der Waals surface area contributed by atoms with E-state index in [-0.39, 0.29) is 23.8 Å². The zero-order valence-electron chi connectivity index (χ0n) is 11.8. The molecule has 1 aromatic heterocycles. The standard InChI is InChI=1S/C13H20N4O2S/c1-8(2)11(18)15-9-3-5-17(6-4-9)12(19)10-7-20-13(14)16-10/h7-9H,3-6H2,1-2H3,(H2,14,16)(H,15,18). The molecule has 20 heavy (non-hydrogen) atoms. The average molecular weight is 296 g/mol. The first-order valence-electron chi connectivity index (χ1n) is 6.78.